The Morgan fingerprint density at radius 1 is 1.15 bits per heavy atom. The lowest BCUT2D eigenvalue weighted by atomic mass is 10.1. The Hall–Kier alpha value is -3.48. The van der Waals surface area contributed by atoms with Gasteiger partial charge in [0.2, 0.25) is 5.43 Å². The zero-order chi connectivity index (χ0) is 18.7. The van der Waals surface area contributed by atoms with E-state index in [-0.39, 0.29) is 23.1 Å². The van der Waals surface area contributed by atoms with E-state index < -0.39 is 23.1 Å². The van der Waals surface area contributed by atoms with Gasteiger partial charge in [-0.1, -0.05) is 0 Å². The largest absolute Gasteiger partial charge is 0.462 e. The van der Waals surface area contributed by atoms with Gasteiger partial charge in [-0.05, 0) is 49.4 Å². The molecule has 1 heterocycles. The Morgan fingerprint density at radius 3 is 2.58 bits per heavy atom. The summed E-state index contributed by atoms with van der Waals surface area (Å²) in [5.41, 5.74) is 0.568. The molecule has 1 aromatic heterocycles. The molecule has 0 saturated carbocycles. The number of aromatic nitrogens is 1. The lowest BCUT2D eigenvalue weighted by Crippen LogP contribution is -2.18. The van der Waals surface area contributed by atoms with Gasteiger partial charge in [-0.15, -0.1) is 0 Å². The number of rotatable bonds is 4. The number of nitrogens with one attached hydrogen (secondary N) is 2. The van der Waals surface area contributed by atoms with Gasteiger partial charge in [0.1, 0.15) is 11.4 Å². The Bertz CT molecular complexity index is 1040. The molecular weight excluding hydrogens is 339 g/mol. The fraction of sp³-hybridized carbons (Fsp3) is 0.105. The summed E-state index contributed by atoms with van der Waals surface area (Å²) < 4.78 is 17.8. The van der Waals surface area contributed by atoms with Gasteiger partial charge >= 0.3 is 5.97 Å². The van der Waals surface area contributed by atoms with Gasteiger partial charge in [0.25, 0.3) is 5.91 Å². The predicted octanol–water partition coefficient (Wildman–Crippen LogP) is 3.10. The number of fused-ring (bicyclic) bond motifs is 1. The van der Waals surface area contributed by atoms with Crippen LogP contribution in [0.25, 0.3) is 10.9 Å². The average Bonchev–Trinajstić information content (AvgIpc) is 2.63. The lowest BCUT2D eigenvalue weighted by Gasteiger charge is -2.08. The van der Waals surface area contributed by atoms with Crippen molar-refractivity contribution in [1.29, 1.82) is 0 Å². The molecule has 3 aromatic rings. The smallest absolute Gasteiger partial charge is 0.343 e. The van der Waals surface area contributed by atoms with Gasteiger partial charge < -0.3 is 15.0 Å². The number of H-pyrrole nitrogens is 1. The molecule has 0 aliphatic rings. The molecule has 3 rings (SSSR count). The number of halogens is 1. The Labute approximate surface area is 147 Å². The topological polar surface area (TPSA) is 88.3 Å². The number of hydrogen-bond acceptors (Lipinski definition) is 4. The molecule has 0 unspecified atom stereocenters. The van der Waals surface area contributed by atoms with Crippen LogP contribution in [0.4, 0.5) is 10.1 Å². The van der Waals surface area contributed by atoms with Gasteiger partial charge in [0, 0.05) is 28.4 Å². The molecular formula is C19H15FN2O4. The van der Waals surface area contributed by atoms with Gasteiger partial charge in [-0.25, -0.2) is 9.18 Å². The highest BCUT2D eigenvalue weighted by atomic mass is 19.1. The number of aromatic amines is 1. The zero-order valence-corrected chi connectivity index (χ0v) is 13.8. The molecule has 2 N–H and O–H groups in total. The summed E-state index contributed by atoms with van der Waals surface area (Å²) >= 11 is 0. The first-order chi connectivity index (χ1) is 12.5. The van der Waals surface area contributed by atoms with Crippen LogP contribution in [0.2, 0.25) is 0 Å². The number of carbonyl (C=O) groups is 2. The normalized spacial score (nSPS) is 10.5. The van der Waals surface area contributed by atoms with Crippen molar-refractivity contribution in [3.63, 3.8) is 0 Å². The highest BCUT2D eigenvalue weighted by Crippen LogP contribution is 2.17. The van der Waals surface area contributed by atoms with Crippen molar-refractivity contribution in [2.45, 2.75) is 6.92 Å². The predicted molar refractivity (Wildman–Crippen MR) is 94.9 cm³/mol. The average molecular weight is 354 g/mol. The van der Waals surface area contributed by atoms with Crippen LogP contribution in [-0.4, -0.2) is 23.5 Å². The second-order valence-electron chi connectivity index (χ2n) is 5.47. The minimum Gasteiger partial charge on any atom is -0.462 e. The van der Waals surface area contributed by atoms with Crippen LogP contribution < -0.4 is 10.7 Å². The van der Waals surface area contributed by atoms with Gasteiger partial charge in [0.05, 0.1) is 6.61 Å². The minimum absolute atomic E-state index is 0.110. The molecule has 0 bridgehead atoms. The molecule has 0 atom stereocenters. The van der Waals surface area contributed by atoms with Crippen LogP contribution in [0.15, 0.2) is 53.5 Å². The van der Waals surface area contributed by atoms with Crippen LogP contribution in [0.5, 0.6) is 0 Å². The maximum absolute atomic E-state index is 12.9. The van der Waals surface area contributed by atoms with Crippen molar-refractivity contribution in [2.75, 3.05) is 11.9 Å². The summed E-state index contributed by atoms with van der Waals surface area (Å²) in [5, 5.41) is 2.88. The summed E-state index contributed by atoms with van der Waals surface area (Å²) in [4.78, 5) is 39.4. The maximum atomic E-state index is 12.9. The number of ether oxygens (including phenoxy) is 1. The van der Waals surface area contributed by atoms with Crippen molar-refractivity contribution >= 4 is 28.5 Å². The van der Waals surface area contributed by atoms with Crippen LogP contribution in [-0.2, 0) is 4.74 Å². The van der Waals surface area contributed by atoms with E-state index in [4.69, 9.17) is 4.74 Å². The van der Waals surface area contributed by atoms with E-state index in [9.17, 15) is 18.8 Å². The molecule has 0 aliphatic carbocycles. The van der Waals surface area contributed by atoms with Crippen LogP contribution >= 0.6 is 0 Å². The van der Waals surface area contributed by atoms with E-state index in [0.29, 0.717) is 11.2 Å². The standard InChI is InChI=1S/C19H15FN2O4/c1-2-26-19(25)15-10-21-16-8-7-13(9-14(16)17(15)23)22-18(24)11-3-5-12(20)6-4-11/h3-10H,2H2,1H3,(H,21,23)(H,22,24). The molecule has 0 radical (unpaired) electrons. The van der Waals surface area contributed by atoms with E-state index in [2.05, 4.69) is 10.3 Å². The van der Waals surface area contributed by atoms with Crippen molar-refractivity contribution in [2.24, 2.45) is 0 Å². The Morgan fingerprint density at radius 2 is 1.88 bits per heavy atom. The summed E-state index contributed by atoms with van der Waals surface area (Å²) in [7, 11) is 0. The molecule has 1 amide bonds. The van der Waals surface area contributed by atoms with Gasteiger partial charge in [0.15, 0.2) is 0 Å². The van der Waals surface area contributed by atoms with Crippen molar-refractivity contribution in [3.05, 3.63) is 75.8 Å². The molecule has 26 heavy (non-hydrogen) atoms. The fourth-order valence-electron chi connectivity index (χ4n) is 2.46. The van der Waals surface area contributed by atoms with E-state index in [1.54, 1.807) is 19.1 Å². The number of anilines is 1. The minimum atomic E-state index is -0.712. The first-order valence-corrected chi connectivity index (χ1v) is 7.89. The second-order valence-corrected chi connectivity index (χ2v) is 5.47. The third-order valence-corrected chi connectivity index (χ3v) is 3.74. The third kappa shape index (κ3) is 3.46. The molecule has 0 spiro atoms. The van der Waals surface area contributed by atoms with Crippen LogP contribution in [0, 0.1) is 5.82 Å². The molecule has 0 fully saturated rings. The van der Waals surface area contributed by atoms with Crippen molar-refractivity contribution < 1.29 is 18.7 Å². The monoisotopic (exact) mass is 354 g/mol. The second kappa shape index (κ2) is 7.18. The summed E-state index contributed by atoms with van der Waals surface area (Å²) in [6, 6.07) is 9.79. The quantitative estimate of drug-likeness (QED) is 0.705. The molecule has 6 nitrogen and oxygen atoms in total. The highest BCUT2D eigenvalue weighted by Gasteiger charge is 2.15. The first-order valence-electron chi connectivity index (χ1n) is 7.89. The molecule has 7 heteroatoms. The summed E-state index contributed by atoms with van der Waals surface area (Å²) in [6.07, 6.45) is 1.30. The molecule has 0 saturated heterocycles. The van der Waals surface area contributed by atoms with E-state index in [1.165, 1.54) is 36.5 Å². The first kappa shape index (κ1) is 17.3. The Kier molecular flexibility index (Phi) is 4.79. The van der Waals surface area contributed by atoms with Crippen molar-refractivity contribution in [3.8, 4) is 0 Å². The van der Waals surface area contributed by atoms with Gasteiger partial charge in [-0.2, -0.15) is 0 Å². The number of esters is 1. The fourth-order valence-corrected chi connectivity index (χ4v) is 2.46. The van der Waals surface area contributed by atoms with E-state index >= 15 is 0 Å². The van der Waals surface area contributed by atoms with Crippen molar-refractivity contribution in [1.82, 2.24) is 4.98 Å². The van der Waals surface area contributed by atoms with Crippen LogP contribution in [0.3, 0.4) is 0 Å². The van der Waals surface area contributed by atoms with E-state index in [1.807, 2.05) is 0 Å². The number of amides is 1. The zero-order valence-electron chi connectivity index (χ0n) is 13.8. The summed E-state index contributed by atoms with van der Waals surface area (Å²) in [6.45, 7) is 1.81. The third-order valence-electron chi connectivity index (χ3n) is 3.74. The van der Waals surface area contributed by atoms with Gasteiger partial charge in [-0.3, -0.25) is 9.59 Å². The number of hydrogen-bond donors (Lipinski definition) is 2. The molecule has 0 aliphatic heterocycles. The highest BCUT2D eigenvalue weighted by molar-refractivity contribution is 6.05. The van der Waals surface area contributed by atoms with Crippen LogP contribution in [0.1, 0.15) is 27.6 Å². The Balaban J connectivity index is 1.94. The SMILES string of the molecule is CCOC(=O)c1c[nH]c2ccc(NC(=O)c3ccc(F)cc3)cc2c1=O. The van der Waals surface area contributed by atoms with E-state index in [0.717, 1.165) is 0 Å². The molecule has 2 aromatic carbocycles. The number of pyridine rings is 1. The number of carbonyl (C=O) groups excluding carboxylic acids is 2. The molecule has 132 valence electrons. The lowest BCUT2D eigenvalue weighted by molar-refractivity contribution is 0.0524. The summed E-state index contributed by atoms with van der Waals surface area (Å²) in [5.74, 6) is -1.59. The number of benzene rings is 2. The maximum Gasteiger partial charge on any atom is 0.343 e.